The van der Waals surface area contributed by atoms with Gasteiger partial charge in [-0.3, -0.25) is 4.79 Å². The lowest BCUT2D eigenvalue weighted by atomic mass is 9.98. The van der Waals surface area contributed by atoms with Crippen LogP contribution in [0.2, 0.25) is 0 Å². The highest BCUT2D eigenvalue weighted by atomic mass is 16.4. The molecule has 0 aromatic heterocycles. The average molecular weight is 259 g/mol. The largest absolute Gasteiger partial charge is 0.480 e. The quantitative estimate of drug-likeness (QED) is 0.479. The zero-order valence-corrected chi connectivity index (χ0v) is 9.83. The van der Waals surface area contributed by atoms with Crippen LogP contribution >= 0.6 is 0 Å². The van der Waals surface area contributed by atoms with Crippen LogP contribution in [0, 0.1) is 5.92 Å². The Morgan fingerprint density at radius 3 is 2.61 bits per heavy atom. The molecule has 2 atom stereocenters. The summed E-state index contributed by atoms with van der Waals surface area (Å²) in [5.41, 5.74) is 5.17. The van der Waals surface area contributed by atoms with Crippen molar-refractivity contribution in [3.05, 3.63) is 0 Å². The zero-order valence-electron chi connectivity index (χ0n) is 9.83. The van der Waals surface area contributed by atoms with Crippen LogP contribution < -0.4 is 11.1 Å². The predicted octanol–water partition coefficient (Wildman–Crippen LogP) is -1.66. The number of aliphatic hydroxyl groups is 1. The molecule has 1 unspecified atom stereocenters. The molecule has 1 fully saturated rings. The number of nitrogens with one attached hydrogen (secondary N) is 1. The summed E-state index contributed by atoms with van der Waals surface area (Å²) < 4.78 is 0. The number of rotatable bonds is 4. The molecule has 0 aliphatic carbocycles. The molecule has 0 bridgehead atoms. The number of aliphatic hydroxyl groups excluding tert-OH is 1. The summed E-state index contributed by atoms with van der Waals surface area (Å²) >= 11 is 0. The zero-order chi connectivity index (χ0) is 13.7. The first-order valence-corrected chi connectivity index (χ1v) is 5.64. The molecule has 0 aromatic carbocycles. The Bertz CT molecular complexity index is 346. The van der Waals surface area contributed by atoms with Gasteiger partial charge in [0.2, 0.25) is 5.91 Å². The Balaban J connectivity index is 2.55. The van der Waals surface area contributed by atoms with E-state index in [0.29, 0.717) is 19.4 Å². The number of hydrogen-bond acceptors (Lipinski definition) is 4. The van der Waals surface area contributed by atoms with Gasteiger partial charge in [0.05, 0.1) is 12.5 Å². The second kappa shape index (κ2) is 6.20. The van der Waals surface area contributed by atoms with Crippen molar-refractivity contribution in [1.82, 2.24) is 10.2 Å². The number of nitrogens with two attached hydrogens (primary N) is 1. The molecule has 0 saturated carbocycles. The molecule has 102 valence electrons. The third kappa shape index (κ3) is 3.59. The fourth-order valence-electron chi connectivity index (χ4n) is 1.82. The van der Waals surface area contributed by atoms with Gasteiger partial charge in [0.25, 0.3) is 0 Å². The van der Waals surface area contributed by atoms with Gasteiger partial charge >= 0.3 is 12.0 Å². The second-order valence-electron chi connectivity index (χ2n) is 4.21. The van der Waals surface area contributed by atoms with Crippen LogP contribution in [0.3, 0.4) is 0 Å². The van der Waals surface area contributed by atoms with Gasteiger partial charge in [-0.25, -0.2) is 9.59 Å². The lowest BCUT2D eigenvalue weighted by Gasteiger charge is -2.31. The van der Waals surface area contributed by atoms with Gasteiger partial charge in [0.15, 0.2) is 6.04 Å². The van der Waals surface area contributed by atoms with Gasteiger partial charge in [0, 0.05) is 13.1 Å². The van der Waals surface area contributed by atoms with Crippen LogP contribution in [0.1, 0.15) is 12.8 Å². The highest BCUT2D eigenvalue weighted by molar-refractivity contribution is 5.83. The summed E-state index contributed by atoms with van der Waals surface area (Å²) in [4.78, 5) is 34.8. The number of carboxylic acid groups (broad SMARTS) is 1. The molecule has 8 nitrogen and oxygen atoms in total. The Labute approximate surface area is 104 Å². The molecule has 5 N–H and O–H groups in total. The van der Waals surface area contributed by atoms with Crippen LogP contribution in [0.5, 0.6) is 0 Å². The minimum Gasteiger partial charge on any atom is -0.480 e. The molecule has 1 heterocycles. The second-order valence-corrected chi connectivity index (χ2v) is 4.21. The Morgan fingerprint density at radius 2 is 2.11 bits per heavy atom. The van der Waals surface area contributed by atoms with Gasteiger partial charge in [-0.05, 0) is 12.8 Å². The number of likely N-dealkylation sites (tertiary alicyclic amines) is 1. The third-order valence-electron chi connectivity index (χ3n) is 2.89. The first-order chi connectivity index (χ1) is 8.45. The number of carboxylic acids is 1. The first kappa shape index (κ1) is 14.2. The third-order valence-corrected chi connectivity index (χ3v) is 2.89. The van der Waals surface area contributed by atoms with Crippen molar-refractivity contribution in [1.29, 1.82) is 0 Å². The monoisotopic (exact) mass is 259 g/mol. The highest BCUT2D eigenvalue weighted by Crippen LogP contribution is 2.15. The molecule has 0 radical (unpaired) electrons. The minimum atomic E-state index is -1.34. The molecule has 1 aliphatic heterocycles. The average Bonchev–Trinajstić information content (AvgIpc) is 2.35. The first-order valence-electron chi connectivity index (χ1n) is 5.64. The maximum atomic E-state index is 11.7. The number of amides is 3. The van der Waals surface area contributed by atoms with Crippen molar-refractivity contribution in [2.24, 2.45) is 11.7 Å². The van der Waals surface area contributed by atoms with E-state index in [1.165, 1.54) is 4.90 Å². The van der Waals surface area contributed by atoms with Crippen LogP contribution in [0.15, 0.2) is 0 Å². The fraction of sp³-hybridized carbons (Fsp3) is 0.700. The molecule has 0 spiro atoms. The van der Waals surface area contributed by atoms with Gasteiger partial charge in [-0.1, -0.05) is 0 Å². The van der Waals surface area contributed by atoms with E-state index in [4.69, 9.17) is 15.9 Å². The number of piperidine rings is 1. The predicted molar refractivity (Wildman–Crippen MR) is 60.5 cm³/mol. The molecule has 18 heavy (non-hydrogen) atoms. The van der Waals surface area contributed by atoms with Gasteiger partial charge in [-0.15, -0.1) is 0 Å². The lowest BCUT2D eigenvalue weighted by molar-refractivity contribution is -0.140. The topological polar surface area (TPSA) is 133 Å². The van der Waals surface area contributed by atoms with Crippen LogP contribution in [-0.4, -0.2) is 58.8 Å². The van der Waals surface area contributed by atoms with E-state index >= 15 is 0 Å². The van der Waals surface area contributed by atoms with Gasteiger partial charge in [-0.2, -0.15) is 0 Å². The van der Waals surface area contributed by atoms with E-state index in [-0.39, 0.29) is 6.54 Å². The number of carbonyl (C=O) groups excluding carboxylic acids is 2. The van der Waals surface area contributed by atoms with Crippen LogP contribution in [0.25, 0.3) is 0 Å². The SMILES string of the molecule is NC(=O)C1CCCN(C(=O)N[C@H](CO)C(=O)O)C1. The Hall–Kier alpha value is -1.83. The van der Waals surface area contributed by atoms with Crippen molar-refractivity contribution in [3.8, 4) is 0 Å². The number of hydrogen-bond donors (Lipinski definition) is 4. The number of aliphatic carboxylic acids is 1. The van der Waals surface area contributed by atoms with E-state index in [9.17, 15) is 14.4 Å². The number of urea groups is 1. The molecule has 8 heteroatoms. The number of primary amides is 1. The fourth-order valence-corrected chi connectivity index (χ4v) is 1.82. The van der Waals surface area contributed by atoms with Crippen molar-refractivity contribution in [2.75, 3.05) is 19.7 Å². The summed E-state index contributed by atoms with van der Waals surface area (Å²) in [7, 11) is 0. The van der Waals surface area contributed by atoms with E-state index in [2.05, 4.69) is 5.32 Å². The Kier molecular flexibility index (Phi) is 4.90. The molecule has 3 amide bonds. The molecule has 0 aromatic rings. The van der Waals surface area contributed by atoms with E-state index in [1.54, 1.807) is 0 Å². The molecule has 1 saturated heterocycles. The van der Waals surface area contributed by atoms with Gasteiger partial charge in [0.1, 0.15) is 0 Å². The summed E-state index contributed by atoms with van der Waals surface area (Å²) in [6.07, 6.45) is 1.26. The number of nitrogens with zero attached hydrogens (tertiary/aromatic N) is 1. The molecular formula is C10H17N3O5. The van der Waals surface area contributed by atoms with Crippen molar-refractivity contribution < 1.29 is 24.6 Å². The van der Waals surface area contributed by atoms with Crippen molar-refractivity contribution in [2.45, 2.75) is 18.9 Å². The smallest absolute Gasteiger partial charge is 0.328 e. The summed E-state index contributed by atoms with van der Waals surface area (Å²) in [6, 6.07) is -1.95. The van der Waals surface area contributed by atoms with E-state index in [1.807, 2.05) is 0 Å². The normalized spacial score (nSPS) is 21.2. The Morgan fingerprint density at radius 1 is 1.44 bits per heavy atom. The van der Waals surface area contributed by atoms with Crippen molar-refractivity contribution in [3.63, 3.8) is 0 Å². The molecule has 1 rings (SSSR count). The molecular weight excluding hydrogens is 242 g/mol. The van der Waals surface area contributed by atoms with E-state index in [0.717, 1.165) is 0 Å². The highest BCUT2D eigenvalue weighted by Gasteiger charge is 2.29. The van der Waals surface area contributed by atoms with Crippen LogP contribution in [0.4, 0.5) is 4.79 Å². The lowest BCUT2D eigenvalue weighted by Crippen LogP contribution is -2.53. The van der Waals surface area contributed by atoms with Crippen molar-refractivity contribution >= 4 is 17.9 Å². The standard InChI is InChI=1S/C10H17N3O5/c11-8(15)6-2-1-3-13(4-6)10(18)12-7(5-14)9(16)17/h6-7,14H,1-5H2,(H2,11,15)(H,12,18)(H,16,17)/t6?,7-/m1/s1. The molecule has 1 aliphatic rings. The number of carbonyl (C=O) groups is 3. The maximum Gasteiger partial charge on any atom is 0.328 e. The minimum absolute atomic E-state index is 0.179. The summed E-state index contributed by atoms with van der Waals surface area (Å²) in [5, 5.41) is 19.7. The summed E-state index contributed by atoms with van der Waals surface area (Å²) in [5.74, 6) is -2.18. The van der Waals surface area contributed by atoms with Crippen LogP contribution in [-0.2, 0) is 9.59 Å². The van der Waals surface area contributed by atoms with E-state index < -0.39 is 36.5 Å². The maximum absolute atomic E-state index is 11.7. The summed E-state index contributed by atoms with van der Waals surface area (Å²) in [6.45, 7) is -0.0690. The van der Waals surface area contributed by atoms with Gasteiger partial charge < -0.3 is 26.2 Å².